The molecule has 5 heteroatoms. The molecule has 0 aliphatic carbocycles. The normalized spacial score (nSPS) is 12.8. The highest BCUT2D eigenvalue weighted by molar-refractivity contribution is 5.73. The van der Waals surface area contributed by atoms with Crippen LogP contribution in [-0.4, -0.2) is 68.9 Å². The third-order valence-electron chi connectivity index (χ3n) is 6.77. The summed E-state index contributed by atoms with van der Waals surface area (Å²) >= 11 is 0. The maximum absolute atomic E-state index is 11.4. The first kappa shape index (κ1) is 33.4. The first-order valence-electron chi connectivity index (χ1n) is 14.8. The van der Waals surface area contributed by atoms with E-state index in [0.29, 0.717) is 6.42 Å². The summed E-state index contributed by atoms with van der Waals surface area (Å²) in [6.45, 7) is 6.07. The number of rotatable bonds is 27. The molecule has 0 rings (SSSR count). The molecule has 0 amide bonds. The van der Waals surface area contributed by atoms with Gasteiger partial charge in [-0.2, -0.15) is 0 Å². The van der Waals surface area contributed by atoms with Gasteiger partial charge in [-0.1, -0.05) is 110 Å². The quantitative estimate of drug-likeness (QED) is 0.0890. The second-order valence-electron chi connectivity index (χ2n) is 11.4. The van der Waals surface area contributed by atoms with Crippen molar-refractivity contribution in [3.63, 3.8) is 0 Å². The van der Waals surface area contributed by atoms with Gasteiger partial charge in [0.15, 0.2) is 0 Å². The zero-order valence-corrected chi connectivity index (χ0v) is 23.6. The van der Waals surface area contributed by atoms with Gasteiger partial charge in [0.05, 0.1) is 27.7 Å². The maximum Gasteiger partial charge on any atom is 0.320 e. The molecule has 0 bridgehead atoms. The molecule has 0 aromatic heterocycles. The first-order valence-corrected chi connectivity index (χ1v) is 14.8. The van der Waals surface area contributed by atoms with Crippen molar-refractivity contribution in [3.05, 3.63) is 0 Å². The lowest BCUT2D eigenvalue weighted by molar-refractivity contribution is -0.869. The summed E-state index contributed by atoms with van der Waals surface area (Å²) in [5.74, 6) is -0.720. The van der Waals surface area contributed by atoms with E-state index in [1.165, 1.54) is 103 Å². The Labute approximate surface area is 213 Å². The van der Waals surface area contributed by atoms with Gasteiger partial charge in [0.25, 0.3) is 0 Å². The average molecular weight is 485 g/mol. The number of aliphatic carboxylic acids is 1. The zero-order valence-electron chi connectivity index (χ0n) is 23.6. The second-order valence-corrected chi connectivity index (χ2v) is 11.4. The van der Waals surface area contributed by atoms with E-state index in [1.807, 2.05) is 0 Å². The van der Waals surface area contributed by atoms with Crippen LogP contribution in [0.3, 0.4) is 0 Å². The SMILES string of the molecule is CCCCCCCCCCCCCCCCCCNCCCC[C@H](NCC[N+](C)(C)C)C(=O)O. The number of unbranched alkanes of at least 4 members (excludes halogenated alkanes) is 16. The van der Waals surface area contributed by atoms with Crippen LogP contribution in [0.2, 0.25) is 0 Å². The van der Waals surface area contributed by atoms with Crippen molar-refractivity contribution in [2.24, 2.45) is 0 Å². The first-order chi connectivity index (χ1) is 16.4. The molecule has 0 saturated heterocycles. The predicted molar refractivity (Wildman–Crippen MR) is 149 cm³/mol. The molecule has 0 radical (unpaired) electrons. The summed E-state index contributed by atoms with van der Waals surface area (Å²) in [6.07, 6.45) is 25.3. The molecule has 204 valence electrons. The fourth-order valence-corrected chi connectivity index (χ4v) is 4.41. The van der Waals surface area contributed by atoms with E-state index < -0.39 is 12.0 Å². The Balaban J connectivity index is 3.30. The summed E-state index contributed by atoms with van der Waals surface area (Å²) < 4.78 is 0.850. The number of carboxylic acid groups (broad SMARTS) is 1. The van der Waals surface area contributed by atoms with E-state index >= 15 is 0 Å². The lowest BCUT2D eigenvalue weighted by Crippen LogP contribution is -2.45. The molecule has 0 unspecified atom stereocenters. The van der Waals surface area contributed by atoms with Crippen molar-refractivity contribution < 1.29 is 14.4 Å². The molecule has 0 aliphatic rings. The van der Waals surface area contributed by atoms with Crippen LogP contribution in [0.15, 0.2) is 0 Å². The summed E-state index contributed by atoms with van der Waals surface area (Å²) in [5, 5.41) is 16.1. The monoisotopic (exact) mass is 484 g/mol. The minimum atomic E-state index is -0.720. The van der Waals surface area contributed by atoms with Crippen LogP contribution in [-0.2, 0) is 4.79 Å². The van der Waals surface area contributed by atoms with Gasteiger partial charge in [-0.05, 0) is 32.4 Å². The topological polar surface area (TPSA) is 61.4 Å². The standard InChI is InChI=1S/C29H61N3O2/c1-5-6-7-8-9-10-11-12-13-14-15-16-17-18-19-21-24-30-25-22-20-23-28(29(33)34)31-26-27-32(2,3)4/h28,30-31H,5-27H2,1-4H3/p+1/t28-/m0/s1. The molecule has 34 heavy (non-hydrogen) atoms. The Morgan fingerprint density at radius 2 is 1.06 bits per heavy atom. The molecule has 0 fully saturated rings. The van der Waals surface area contributed by atoms with E-state index in [-0.39, 0.29) is 0 Å². The molecule has 0 aliphatic heterocycles. The minimum absolute atomic E-state index is 0.410. The van der Waals surface area contributed by atoms with E-state index in [2.05, 4.69) is 38.7 Å². The van der Waals surface area contributed by atoms with Gasteiger partial charge < -0.3 is 14.9 Å². The number of likely N-dealkylation sites (N-methyl/N-ethyl adjacent to an activating group) is 1. The molecule has 0 aromatic carbocycles. The third-order valence-corrected chi connectivity index (χ3v) is 6.77. The van der Waals surface area contributed by atoms with Crippen LogP contribution in [0.5, 0.6) is 0 Å². The van der Waals surface area contributed by atoms with Gasteiger partial charge in [-0.15, -0.1) is 0 Å². The Hall–Kier alpha value is -0.650. The summed E-state index contributed by atoms with van der Waals surface area (Å²) in [5.41, 5.74) is 0. The Morgan fingerprint density at radius 1 is 0.647 bits per heavy atom. The zero-order chi connectivity index (χ0) is 25.3. The van der Waals surface area contributed by atoms with Crippen LogP contribution in [0.25, 0.3) is 0 Å². The van der Waals surface area contributed by atoms with Crippen molar-refractivity contribution in [1.82, 2.24) is 10.6 Å². The van der Waals surface area contributed by atoms with Gasteiger partial charge in [0.1, 0.15) is 6.04 Å². The Kier molecular flexibility index (Phi) is 23.6. The van der Waals surface area contributed by atoms with Crippen LogP contribution in [0.1, 0.15) is 129 Å². The van der Waals surface area contributed by atoms with E-state index in [9.17, 15) is 9.90 Å². The van der Waals surface area contributed by atoms with Crippen molar-refractivity contribution in [1.29, 1.82) is 0 Å². The lowest BCUT2D eigenvalue weighted by Gasteiger charge is -2.25. The van der Waals surface area contributed by atoms with E-state index in [1.54, 1.807) is 0 Å². The highest BCUT2D eigenvalue weighted by Crippen LogP contribution is 2.13. The molecule has 0 heterocycles. The van der Waals surface area contributed by atoms with Crippen LogP contribution < -0.4 is 10.6 Å². The smallest absolute Gasteiger partial charge is 0.320 e. The minimum Gasteiger partial charge on any atom is -0.480 e. The molecule has 3 N–H and O–H groups in total. The number of carbonyl (C=O) groups is 1. The van der Waals surface area contributed by atoms with Crippen molar-refractivity contribution in [2.45, 2.75) is 135 Å². The molecule has 5 nitrogen and oxygen atoms in total. The number of nitrogens with one attached hydrogen (secondary N) is 2. The highest BCUT2D eigenvalue weighted by Gasteiger charge is 2.17. The Bertz CT molecular complexity index is 438. The van der Waals surface area contributed by atoms with Gasteiger partial charge in [-0.3, -0.25) is 10.1 Å². The second kappa shape index (κ2) is 24.1. The summed E-state index contributed by atoms with van der Waals surface area (Å²) in [6, 6.07) is -0.410. The molecule has 0 spiro atoms. The fourth-order valence-electron chi connectivity index (χ4n) is 4.41. The maximum atomic E-state index is 11.4. The van der Waals surface area contributed by atoms with E-state index in [0.717, 1.165) is 43.5 Å². The van der Waals surface area contributed by atoms with Crippen LogP contribution in [0.4, 0.5) is 0 Å². The number of hydrogen-bond acceptors (Lipinski definition) is 3. The number of carboxylic acids is 1. The molecular weight excluding hydrogens is 422 g/mol. The van der Waals surface area contributed by atoms with Crippen molar-refractivity contribution in [2.75, 3.05) is 47.3 Å². The highest BCUT2D eigenvalue weighted by atomic mass is 16.4. The number of nitrogens with zero attached hydrogens (tertiary/aromatic N) is 1. The van der Waals surface area contributed by atoms with E-state index in [4.69, 9.17) is 0 Å². The van der Waals surface area contributed by atoms with Gasteiger partial charge in [0.2, 0.25) is 0 Å². The summed E-state index contributed by atoms with van der Waals surface area (Å²) in [7, 11) is 6.38. The number of hydrogen-bond donors (Lipinski definition) is 3. The molecule has 0 saturated carbocycles. The van der Waals surface area contributed by atoms with Gasteiger partial charge in [0, 0.05) is 6.54 Å². The Morgan fingerprint density at radius 3 is 1.47 bits per heavy atom. The fraction of sp³-hybridized carbons (Fsp3) is 0.966. The van der Waals surface area contributed by atoms with Gasteiger partial charge >= 0.3 is 5.97 Å². The van der Waals surface area contributed by atoms with Crippen molar-refractivity contribution >= 4 is 5.97 Å². The van der Waals surface area contributed by atoms with Crippen molar-refractivity contribution in [3.8, 4) is 0 Å². The predicted octanol–water partition coefficient (Wildman–Crippen LogP) is 6.76. The largest absolute Gasteiger partial charge is 0.480 e. The molecular formula is C29H62N3O2+. The number of quaternary nitrogens is 1. The van der Waals surface area contributed by atoms with Crippen LogP contribution >= 0.6 is 0 Å². The van der Waals surface area contributed by atoms with Gasteiger partial charge in [-0.25, -0.2) is 0 Å². The average Bonchev–Trinajstić information content (AvgIpc) is 2.78. The van der Waals surface area contributed by atoms with Crippen LogP contribution in [0, 0.1) is 0 Å². The third kappa shape index (κ3) is 26.0. The molecule has 1 atom stereocenters. The summed E-state index contributed by atoms with van der Waals surface area (Å²) in [4.78, 5) is 11.4. The lowest BCUT2D eigenvalue weighted by atomic mass is 10.0. The molecule has 0 aromatic rings.